The van der Waals surface area contributed by atoms with Gasteiger partial charge in [0.15, 0.2) is 5.78 Å². The van der Waals surface area contributed by atoms with E-state index < -0.39 is 6.10 Å². The normalized spacial score (nSPS) is 13.7. The van der Waals surface area contributed by atoms with Gasteiger partial charge < -0.3 is 15.2 Å². The molecule has 0 saturated carbocycles. The number of hydrogen-bond acceptors (Lipinski definition) is 4. The van der Waals surface area contributed by atoms with Gasteiger partial charge in [0, 0.05) is 28.8 Å². The number of ether oxygens (including phenoxy) is 1. The van der Waals surface area contributed by atoms with E-state index in [4.69, 9.17) is 4.74 Å². The number of halogens is 1. The fraction of sp³-hybridized carbons (Fsp3) is 0.350. The predicted molar refractivity (Wildman–Crippen MR) is 102 cm³/mol. The molecule has 25 heavy (non-hydrogen) atoms. The highest BCUT2D eigenvalue weighted by Crippen LogP contribution is 2.42. The molecular formula is C20H24ClNO3. The van der Waals surface area contributed by atoms with Gasteiger partial charge in [-0.2, -0.15) is 0 Å². The molecule has 0 heterocycles. The first-order chi connectivity index (χ1) is 11.4. The number of aliphatic hydroxyl groups is 1. The lowest BCUT2D eigenvalue weighted by molar-refractivity contribution is 0.100. The Labute approximate surface area is 154 Å². The van der Waals surface area contributed by atoms with Gasteiger partial charge in [-0.15, -0.1) is 12.4 Å². The minimum absolute atomic E-state index is 0. The van der Waals surface area contributed by atoms with Gasteiger partial charge in [-0.3, -0.25) is 4.79 Å². The number of carbonyl (C=O) groups excluding carboxylic acids is 1. The van der Waals surface area contributed by atoms with E-state index in [1.54, 1.807) is 0 Å². The number of nitrogens with one attached hydrogen (secondary N) is 1. The molecule has 4 nitrogen and oxygen atoms in total. The Balaban J connectivity index is 0.00000225. The van der Waals surface area contributed by atoms with Crippen LogP contribution in [0, 0.1) is 0 Å². The van der Waals surface area contributed by atoms with E-state index >= 15 is 0 Å². The second-order valence-corrected chi connectivity index (χ2v) is 7.15. The van der Waals surface area contributed by atoms with Gasteiger partial charge >= 0.3 is 0 Å². The van der Waals surface area contributed by atoms with Crippen molar-refractivity contribution in [3.05, 3.63) is 53.6 Å². The summed E-state index contributed by atoms with van der Waals surface area (Å²) in [7, 11) is 0. The zero-order chi connectivity index (χ0) is 17.3. The molecule has 3 rings (SSSR count). The van der Waals surface area contributed by atoms with Gasteiger partial charge in [-0.1, -0.05) is 36.4 Å². The third-order valence-corrected chi connectivity index (χ3v) is 4.01. The molecule has 0 radical (unpaired) electrons. The summed E-state index contributed by atoms with van der Waals surface area (Å²) in [6, 6.07) is 13.0. The highest BCUT2D eigenvalue weighted by molar-refractivity contribution is 6.22. The minimum atomic E-state index is -0.618. The Hall–Kier alpha value is -1.88. The summed E-state index contributed by atoms with van der Waals surface area (Å²) < 4.78 is 5.84. The maximum absolute atomic E-state index is 12.5. The quantitative estimate of drug-likeness (QED) is 0.730. The van der Waals surface area contributed by atoms with Crippen LogP contribution < -0.4 is 10.1 Å². The Morgan fingerprint density at radius 3 is 2.36 bits per heavy atom. The number of aliphatic hydroxyl groups excluding tert-OH is 1. The number of β-amino-alcohol motifs (C(OH)–C–C–N with tert-alkyl or cyclic N) is 1. The number of hydrogen-bond donors (Lipinski definition) is 2. The monoisotopic (exact) mass is 361 g/mol. The number of benzene rings is 2. The van der Waals surface area contributed by atoms with Crippen molar-refractivity contribution in [3.8, 4) is 16.9 Å². The van der Waals surface area contributed by atoms with E-state index in [9.17, 15) is 9.90 Å². The molecule has 0 bridgehead atoms. The second-order valence-electron chi connectivity index (χ2n) is 7.15. The van der Waals surface area contributed by atoms with Gasteiger partial charge in [0.1, 0.15) is 18.5 Å². The molecule has 2 aromatic carbocycles. The van der Waals surface area contributed by atoms with E-state index in [0.29, 0.717) is 23.4 Å². The molecule has 0 fully saturated rings. The third-order valence-electron chi connectivity index (χ3n) is 4.01. The van der Waals surface area contributed by atoms with E-state index in [2.05, 4.69) is 5.32 Å². The molecule has 2 N–H and O–H groups in total. The van der Waals surface area contributed by atoms with Crippen LogP contribution in [-0.4, -0.2) is 35.7 Å². The van der Waals surface area contributed by atoms with Crippen molar-refractivity contribution in [2.24, 2.45) is 0 Å². The summed E-state index contributed by atoms with van der Waals surface area (Å²) in [6.07, 6.45) is -0.618. The number of rotatable bonds is 5. The Morgan fingerprint density at radius 2 is 1.68 bits per heavy atom. The van der Waals surface area contributed by atoms with Gasteiger partial charge in [-0.05, 0) is 32.4 Å². The fourth-order valence-electron chi connectivity index (χ4n) is 2.83. The third kappa shape index (κ3) is 4.21. The second kappa shape index (κ2) is 7.56. The molecule has 0 aromatic heterocycles. The summed E-state index contributed by atoms with van der Waals surface area (Å²) in [4.78, 5) is 12.5. The number of carbonyl (C=O) groups is 1. The van der Waals surface area contributed by atoms with Crippen molar-refractivity contribution in [2.75, 3.05) is 13.2 Å². The van der Waals surface area contributed by atoms with Crippen LogP contribution in [0.4, 0.5) is 0 Å². The molecule has 1 atom stereocenters. The van der Waals surface area contributed by atoms with Crippen LogP contribution in [0.15, 0.2) is 42.5 Å². The molecule has 0 spiro atoms. The molecule has 2 aromatic rings. The molecule has 1 aliphatic carbocycles. The Bertz CT molecular complexity index is 768. The van der Waals surface area contributed by atoms with Crippen LogP contribution in [0.3, 0.4) is 0 Å². The fourth-order valence-corrected chi connectivity index (χ4v) is 2.83. The topological polar surface area (TPSA) is 58.6 Å². The predicted octanol–water partition coefficient (Wildman–Crippen LogP) is 3.45. The van der Waals surface area contributed by atoms with E-state index in [0.717, 1.165) is 11.1 Å². The first-order valence-electron chi connectivity index (χ1n) is 8.20. The van der Waals surface area contributed by atoms with Crippen molar-refractivity contribution < 1.29 is 14.6 Å². The maximum Gasteiger partial charge on any atom is 0.194 e. The maximum atomic E-state index is 12.5. The lowest BCUT2D eigenvalue weighted by atomic mass is 10.0. The van der Waals surface area contributed by atoms with E-state index in [-0.39, 0.29) is 30.3 Å². The van der Waals surface area contributed by atoms with Gasteiger partial charge in [0.05, 0.1) is 0 Å². The lowest BCUT2D eigenvalue weighted by Gasteiger charge is -2.23. The SMILES string of the molecule is CC(C)(C)NCC(O)COc1cccc2c1-c1ccccc1C2=O.Cl. The Morgan fingerprint density at radius 1 is 1.04 bits per heavy atom. The number of ketones is 1. The standard InChI is InChI=1S/C20H23NO3.ClH/c1-20(2,3)21-11-13(22)12-24-17-10-6-9-16-18(17)14-7-4-5-8-15(14)19(16)23;/h4-10,13,21-22H,11-12H2,1-3H3;1H. The van der Waals surface area contributed by atoms with Crippen LogP contribution >= 0.6 is 12.4 Å². The van der Waals surface area contributed by atoms with E-state index in [1.165, 1.54) is 0 Å². The zero-order valence-electron chi connectivity index (χ0n) is 14.7. The van der Waals surface area contributed by atoms with Crippen LogP contribution in [0.1, 0.15) is 36.7 Å². The first kappa shape index (κ1) is 19.4. The molecule has 0 aliphatic heterocycles. The van der Waals surface area contributed by atoms with Gasteiger partial charge in [-0.25, -0.2) is 0 Å². The minimum Gasteiger partial charge on any atom is -0.490 e. The average Bonchev–Trinajstić information content (AvgIpc) is 2.84. The Kier molecular flexibility index (Phi) is 5.88. The van der Waals surface area contributed by atoms with Gasteiger partial charge in [0.25, 0.3) is 0 Å². The molecule has 5 heteroatoms. The van der Waals surface area contributed by atoms with Crippen LogP contribution in [-0.2, 0) is 0 Å². The molecule has 0 saturated heterocycles. The summed E-state index contributed by atoms with van der Waals surface area (Å²) >= 11 is 0. The largest absolute Gasteiger partial charge is 0.490 e. The zero-order valence-corrected chi connectivity index (χ0v) is 15.5. The van der Waals surface area contributed by atoms with Crippen molar-refractivity contribution >= 4 is 18.2 Å². The van der Waals surface area contributed by atoms with Crippen molar-refractivity contribution in [2.45, 2.75) is 32.4 Å². The summed E-state index contributed by atoms with van der Waals surface area (Å²) in [5.41, 5.74) is 3.04. The lowest BCUT2D eigenvalue weighted by Crippen LogP contribution is -2.42. The molecule has 1 unspecified atom stereocenters. The highest BCUT2D eigenvalue weighted by atomic mass is 35.5. The van der Waals surface area contributed by atoms with Crippen LogP contribution in [0.25, 0.3) is 11.1 Å². The highest BCUT2D eigenvalue weighted by Gasteiger charge is 2.29. The van der Waals surface area contributed by atoms with Crippen molar-refractivity contribution in [1.29, 1.82) is 0 Å². The smallest absolute Gasteiger partial charge is 0.194 e. The van der Waals surface area contributed by atoms with Crippen molar-refractivity contribution in [3.63, 3.8) is 0 Å². The van der Waals surface area contributed by atoms with Gasteiger partial charge in [0.2, 0.25) is 0 Å². The first-order valence-corrected chi connectivity index (χ1v) is 8.20. The molecular weight excluding hydrogens is 338 g/mol. The summed E-state index contributed by atoms with van der Waals surface area (Å²) in [5.74, 6) is 0.668. The molecule has 1 aliphatic rings. The summed E-state index contributed by atoms with van der Waals surface area (Å²) in [5, 5.41) is 13.4. The molecule has 0 amide bonds. The van der Waals surface area contributed by atoms with Crippen LogP contribution in [0.2, 0.25) is 0 Å². The number of fused-ring (bicyclic) bond motifs is 3. The van der Waals surface area contributed by atoms with Crippen LogP contribution in [0.5, 0.6) is 5.75 Å². The van der Waals surface area contributed by atoms with Crippen molar-refractivity contribution in [1.82, 2.24) is 5.32 Å². The molecule has 134 valence electrons. The van der Waals surface area contributed by atoms with E-state index in [1.807, 2.05) is 63.2 Å². The summed E-state index contributed by atoms with van der Waals surface area (Å²) in [6.45, 7) is 6.78. The average molecular weight is 362 g/mol.